The first-order valence-electron chi connectivity index (χ1n) is 42.6. The number of rotatable bonds is 8. The fourth-order valence-corrected chi connectivity index (χ4v) is 19.8. The summed E-state index contributed by atoms with van der Waals surface area (Å²) in [7, 11) is 0. The number of para-hydroxylation sites is 6. The molecule has 0 spiro atoms. The van der Waals surface area contributed by atoms with Crippen molar-refractivity contribution < 1.29 is 9.47 Å². The molecule has 0 saturated heterocycles. The Morgan fingerprint density at radius 3 is 1.15 bits per heavy atom. The Hall–Kier alpha value is -16.2. The Balaban J connectivity index is 0.000000105. The molecule has 0 unspecified atom stereocenters. The van der Waals surface area contributed by atoms with Crippen LogP contribution in [0.3, 0.4) is 0 Å². The number of aromatic nitrogens is 5. The third-order valence-corrected chi connectivity index (χ3v) is 25.2. The van der Waals surface area contributed by atoms with E-state index in [1.165, 1.54) is 154 Å². The first-order chi connectivity index (χ1) is 61.2. The summed E-state index contributed by atoms with van der Waals surface area (Å²) in [5, 5.41) is 15.1. The van der Waals surface area contributed by atoms with Crippen LogP contribution < -0.4 is 23.8 Å². The fraction of sp³-hybridized carbons (Fsp3) is 0.0439. The molecule has 0 radical (unpaired) electrons. The highest BCUT2D eigenvalue weighted by atomic mass is 16.5. The van der Waals surface area contributed by atoms with E-state index in [4.69, 9.17) is 9.47 Å². The number of hydrogen-bond donors (Lipinski definition) is 0. The lowest BCUT2D eigenvalue weighted by atomic mass is 10.0. The van der Waals surface area contributed by atoms with Gasteiger partial charge in [-0.2, -0.15) is 4.58 Å². The highest BCUT2D eigenvalue weighted by Crippen LogP contribution is 2.55. The maximum atomic E-state index is 6.44. The maximum Gasteiger partial charge on any atom is 0.224 e. The van der Waals surface area contributed by atoms with Crippen molar-refractivity contribution in [2.45, 2.75) is 34.1 Å². The number of ether oxygens (including phenoxy) is 2. The van der Waals surface area contributed by atoms with Gasteiger partial charge >= 0.3 is 0 Å². The molecule has 18 aromatic carbocycles. The molecule has 588 valence electrons. The molecular weight excluding hydrogens is 1510 g/mol. The largest absolute Gasteiger partial charge is 0.453 e. The Morgan fingerprint density at radius 1 is 0.258 bits per heavy atom. The summed E-state index contributed by atoms with van der Waals surface area (Å²) >= 11 is 0. The summed E-state index contributed by atoms with van der Waals surface area (Å²) in [6.45, 7) is 8.41. The minimum atomic E-state index is 0.870. The van der Waals surface area contributed by atoms with Crippen molar-refractivity contribution in [3.63, 3.8) is 0 Å². The van der Waals surface area contributed by atoms with Gasteiger partial charge in [-0.3, -0.25) is 0 Å². The number of nitrogens with zero attached hydrogens (tertiary/aromatic N) is 8. The van der Waals surface area contributed by atoms with Crippen LogP contribution in [0, 0.1) is 27.7 Å². The zero-order chi connectivity index (χ0) is 82.4. The monoisotopic (exact) mass is 1590 g/mol. The minimum absolute atomic E-state index is 0.870. The molecule has 23 aromatic rings. The number of fused-ring (bicyclic) bond motifs is 21. The van der Waals surface area contributed by atoms with Crippen LogP contribution in [0.1, 0.15) is 27.8 Å². The molecule has 0 atom stereocenters. The van der Waals surface area contributed by atoms with Crippen molar-refractivity contribution in [1.29, 1.82) is 0 Å². The van der Waals surface area contributed by atoms with Gasteiger partial charge in [-0.05, 0) is 237 Å². The molecule has 5 aromatic heterocycles. The van der Waals surface area contributed by atoms with Gasteiger partial charge in [-0.25, -0.2) is 0 Å². The fourth-order valence-electron chi connectivity index (χ4n) is 19.8. The molecule has 0 N–H and O–H groups in total. The Morgan fingerprint density at radius 2 is 0.645 bits per heavy atom. The molecule has 10 nitrogen and oxygen atoms in total. The second-order valence-corrected chi connectivity index (χ2v) is 32.9. The van der Waals surface area contributed by atoms with Crippen LogP contribution in [-0.4, -0.2) is 29.1 Å². The van der Waals surface area contributed by atoms with Crippen LogP contribution in [0.25, 0.3) is 137 Å². The number of aryl methyl sites for hydroxylation is 4. The van der Waals surface area contributed by atoms with E-state index in [2.05, 4.69) is 472 Å². The highest BCUT2D eigenvalue weighted by molar-refractivity contribution is 6.23. The summed E-state index contributed by atoms with van der Waals surface area (Å²) < 4.78 is 27.1. The first-order valence-corrected chi connectivity index (χ1v) is 42.6. The smallest absolute Gasteiger partial charge is 0.224 e. The molecule has 0 fully saturated rings. The standard InChI is InChI=1S/2C40H29N3O.C34H23N2/c1-26-15-18-34-37(23-26)44-38-24-27(2)16-19-35(38)43(34)31-12-8-11-30(25-31)42-33-14-7-6-13-32(33)39-36(42)20-17-28-21-22-41(40(28)39)29-9-4-3-5-10-29;1-26-12-19-34-37(24-26)44-38-25-27(2)13-20-35(38)43(34)31-17-15-30(16-18-31)42-33-11-7-6-10-32(33)39-36(42)21-14-28-22-23-41(40(28)39)29-8-4-3-5-9-29;1-2-12-26(13-3-1)35-21-20-23-18-19-31-32(33(23)35)29-16-8-9-17-30(29)36(31)34-27-14-6-4-10-24(27)22-25-11-5-7-15-28(25)34/h2*3-25H,1-2H3;1-19,21-22H,20H2/q;;+1. The second kappa shape index (κ2) is 28.8. The van der Waals surface area contributed by atoms with E-state index in [9.17, 15) is 0 Å². The molecule has 0 aliphatic carbocycles. The van der Waals surface area contributed by atoms with E-state index in [1.807, 2.05) is 0 Å². The predicted molar refractivity (Wildman–Crippen MR) is 517 cm³/mol. The Bertz CT molecular complexity index is 8170. The second-order valence-electron chi connectivity index (χ2n) is 32.9. The van der Waals surface area contributed by atoms with Crippen LogP contribution in [0.5, 0.6) is 23.0 Å². The topological polar surface area (TPSA) is 52.6 Å². The summed E-state index contributed by atoms with van der Waals surface area (Å²) in [5.74, 6) is 3.49. The van der Waals surface area contributed by atoms with Gasteiger partial charge in [0.25, 0.3) is 0 Å². The van der Waals surface area contributed by atoms with E-state index < -0.39 is 0 Å². The van der Waals surface area contributed by atoms with Gasteiger partial charge in [0.15, 0.2) is 29.2 Å². The lowest BCUT2D eigenvalue weighted by Gasteiger charge is -2.33. The van der Waals surface area contributed by atoms with Crippen LogP contribution >= 0.6 is 0 Å². The van der Waals surface area contributed by atoms with Gasteiger partial charge in [0.2, 0.25) is 11.4 Å². The van der Waals surface area contributed by atoms with E-state index in [-0.39, 0.29) is 0 Å². The molecule has 3 aliphatic heterocycles. The van der Waals surface area contributed by atoms with Gasteiger partial charge in [0.1, 0.15) is 0 Å². The van der Waals surface area contributed by atoms with E-state index in [0.717, 1.165) is 86.3 Å². The van der Waals surface area contributed by atoms with Gasteiger partial charge in [-0.1, -0.05) is 200 Å². The maximum absolute atomic E-state index is 6.44. The van der Waals surface area contributed by atoms with Crippen molar-refractivity contribution in [2.75, 3.05) is 9.80 Å². The average Bonchev–Trinajstić information content (AvgIpc) is 1.56. The molecule has 3 aliphatic rings. The SMILES string of the molecule is C1=[N+](c2ccccc2)c2c(ccc3c2c2ccccc2n3-c2c3ccccc3cc3ccccc23)C1.Cc1ccc2c(c1)Oc1cc(C)ccc1N2c1ccc(-n2c3ccccc3c3c4c(ccc32)ccn4-c2ccccc2)cc1.Cc1ccc2c(c1)Oc1cc(C)ccc1N2c1cccc(-n2c3ccccc3c3c4c(ccc32)ccn4-c2ccccc2)c1. The van der Waals surface area contributed by atoms with Gasteiger partial charge in [0, 0.05) is 113 Å². The third-order valence-electron chi connectivity index (χ3n) is 25.2. The predicted octanol–water partition coefficient (Wildman–Crippen LogP) is 30.4. The van der Waals surface area contributed by atoms with E-state index in [0.29, 0.717) is 0 Å². The number of anilines is 6. The van der Waals surface area contributed by atoms with Gasteiger partial charge < -0.3 is 42.1 Å². The normalized spacial score (nSPS) is 12.6. The zero-order valence-corrected chi connectivity index (χ0v) is 68.8. The molecule has 26 rings (SSSR count). The van der Waals surface area contributed by atoms with Gasteiger partial charge in [0.05, 0.1) is 84.4 Å². The van der Waals surface area contributed by atoms with Crippen molar-refractivity contribution in [3.05, 3.63) is 428 Å². The zero-order valence-electron chi connectivity index (χ0n) is 68.8. The van der Waals surface area contributed by atoms with Crippen LogP contribution in [0.4, 0.5) is 45.5 Å². The summed E-state index contributed by atoms with van der Waals surface area (Å²) in [6, 6.07) is 140. The number of benzene rings is 18. The highest BCUT2D eigenvalue weighted by Gasteiger charge is 2.33. The van der Waals surface area contributed by atoms with Crippen molar-refractivity contribution in [3.8, 4) is 51.4 Å². The molecule has 0 saturated carbocycles. The lowest BCUT2D eigenvalue weighted by molar-refractivity contribution is 0.476. The van der Waals surface area contributed by atoms with Crippen LogP contribution in [-0.2, 0) is 6.42 Å². The molecular formula is C114H81N8O2+. The molecule has 0 amide bonds. The number of hydrogen-bond acceptors (Lipinski definition) is 4. The minimum Gasteiger partial charge on any atom is -0.453 e. The van der Waals surface area contributed by atoms with Gasteiger partial charge in [-0.15, -0.1) is 0 Å². The van der Waals surface area contributed by atoms with Crippen LogP contribution in [0.2, 0.25) is 0 Å². The Labute approximate surface area is 716 Å². The van der Waals surface area contributed by atoms with Crippen LogP contribution in [0.15, 0.2) is 401 Å². The van der Waals surface area contributed by atoms with E-state index in [1.54, 1.807) is 0 Å². The first kappa shape index (κ1) is 71.9. The van der Waals surface area contributed by atoms with Crippen molar-refractivity contribution in [2.24, 2.45) is 0 Å². The summed E-state index contributed by atoms with van der Waals surface area (Å²) in [6.07, 6.45) is 7.63. The summed E-state index contributed by atoms with van der Waals surface area (Å²) in [5.41, 5.74) is 30.4. The third kappa shape index (κ3) is 11.6. The molecule has 10 heteroatoms. The average molecular weight is 1590 g/mol. The van der Waals surface area contributed by atoms with Crippen molar-refractivity contribution in [1.82, 2.24) is 27.4 Å². The quantitative estimate of drug-likeness (QED) is 0.112. The van der Waals surface area contributed by atoms with E-state index >= 15 is 0 Å². The molecule has 8 heterocycles. The van der Waals surface area contributed by atoms with Crippen molar-refractivity contribution >= 4 is 160 Å². The lowest BCUT2D eigenvalue weighted by Crippen LogP contribution is -2.16. The molecule has 0 bridgehead atoms. The molecule has 124 heavy (non-hydrogen) atoms. The summed E-state index contributed by atoms with van der Waals surface area (Å²) in [4.78, 5) is 4.63. The Kier molecular flexibility index (Phi) is 16.7.